The van der Waals surface area contributed by atoms with E-state index >= 15 is 0 Å². The van der Waals surface area contributed by atoms with E-state index in [1.165, 1.54) is 4.90 Å². The molecule has 2 amide bonds. The van der Waals surface area contributed by atoms with Crippen LogP contribution in [-0.2, 0) is 11.3 Å². The summed E-state index contributed by atoms with van der Waals surface area (Å²) in [5, 5.41) is 15.7. The van der Waals surface area contributed by atoms with Crippen LogP contribution in [0.5, 0.6) is 0 Å². The summed E-state index contributed by atoms with van der Waals surface area (Å²) in [5.41, 5.74) is 6.65. The highest BCUT2D eigenvalue weighted by molar-refractivity contribution is 5.99. The second kappa shape index (κ2) is 7.28. The van der Waals surface area contributed by atoms with E-state index in [1.807, 2.05) is 13.0 Å². The van der Waals surface area contributed by atoms with Crippen molar-refractivity contribution in [2.45, 2.75) is 25.5 Å². The summed E-state index contributed by atoms with van der Waals surface area (Å²) >= 11 is 0. The van der Waals surface area contributed by atoms with E-state index in [0.29, 0.717) is 24.3 Å². The second-order valence-corrected chi connectivity index (χ2v) is 7.28. The molecule has 8 nitrogen and oxygen atoms in total. The molecule has 1 atom stereocenters. The quantitative estimate of drug-likeness (QED) is 0.637. The number of nitrogens with zero attached hydrogens (tertiary/aromatic N) is 4. The minimum atomic E-state index is -1.66. The Balaban J connectivity index is 1.79. The van der Waals surface area contributed by atoms with Crippen LogP contribution in [0, 0.1) is 11.8 Å². The van der Waals surface area contributed by atoms with Gasteiger partial charge in [0.05, 0.1) is 17.4 Å². The van der Waals surface area contributed by atoms with Crippen molar-refractivity contribution in [2.24, 2.45) is 5.73 Å². The summed E-state index contributed by atoms with van der Waals surface area (Å²) in [6.07, 6.45) is 1.98. The van der Waals surface area contributed by atoms with Crippen LogP contribution in [0.2, 0.25) is 0 Å². The molecule has 0 unspecified atom stereocenters. The summed E-state index contributed by atoms with van der Waals surface area (Å²) in [6, 6.07) is 8.88. The Morgan fingerprint density at radius 2 is 2.17 bits per heavy atom. The average Bonchev–Trinajstić information content (AvgIpc) is 3.28. The number of aliphatic hydroxyl groups is 1. The molecule has 0 saturated carbocycles. The number of rotatable bonds is 3. The molecule has 3 aromatic rings. The molecule has 1 aliphatic heterocycles. The number of carbonyl (C=O) groups is 2. The molecule has 3 heterocycles. The molecule has 1 aromatic carbocycles. The van der Waals surface area contributed by atoms with Crippen LogP contribution in [0.1, 0.15) is 29.4 Å². The SMILES string of the molecule is CCn1ncc2c(-c3cccc(C#C[C@]4(O)CCN(C)C4=O)c3)nc(C(N)=O)cc21. The van der Waals surface area contributed by atoms with Gasteiger partial charge in [0.1, 0.15) is 5.69 Å². The number of hydrogen-bond donors (Lipinski definition) is 2. The summed E-state index contributed by atoms with van der Waals surface area (Å²) in [4.78, 5) is 29.8. The fourth-order valence-corrected chi connectivity index (χ4v) is 3.56. The third-order valence-corrected chi connectivity index (χ3v) is 5.25. The van der Waals surface area contributed by atoms with Gasteiger partial charge in [-0.05, 0) is 25.1 Å². The van der Waals surface area contributed by atoms with Crippen molar-refractivity contribution in [1.82, 2.24) is 19.7 Å². The lowest BCUT2D eigenvalue weighted by Gasteiger charge is -2.13. The molecule has 0 bridgehead atoms. The normalized spacial score (nSPS) is 18.5. The smallest absolute Gasteiger partial charge is 0.267 e. The Hall–Kier alpha value is -3.70. The molecule has 0 spiro atoms. The first kappa shape index (κ1) is 19.6. The van der Waals surface area contributed by atoms with Gasteiger partial charge in [0, 0.05) is 43.1 Å². The molecule has 3 N–H and O–H groups in total. The number of fused-ring (bicyclic) bond motifs is 1. The first-order valence-corrected chi connectivity index (χ1v) is 9.60. The van der Waals surface area contributed by atoms with Gasteiger partial charge in [-0.1, -0.05) is 24.0 Å². The van der Waals surface area contributed by atoms with Crippen molar-refractivity contribution < 1.29 is 14.7 Å². The van der Waals surface area contributed by atoms with E-state index < -0.39 is 17.4 Å². The lowest BCUT2D eigenvalue weighted by Crippen LogP contribution is -2.37. The highest BCUT2D eigenvalue weighted by Gasteiger charge is 2.42. The maximum Gasteiger partial charge on any atom is 0.267 e. The van der Waals surface area contributed by atoms with Gasteiger partial charge in [0.2, 0.25) is 5.60 Å². The van der Waals surface area contributed by atoms with E-state index in [1.54, 1.807) is 42.2 Å². The number of pyridine rings is 1. The van der Waals surface area contributed by atoms with Gasteiger partial charge in [-0.15, -0.1) is 0 Å². The van der Waals surface area contributed by atoms with Gasteiger partial charge in [0.25, 0.3) is 11.8 Å². The summed E-state index contributed by atoms with van der Waals surface area (Å²) < 4.78 is 1.77. The standard InChI is InChI=1S/C22H21N5O3/c1-3-27-18-12-17(20(23)28)25-19(16(18)13-24-27)15-6-4-5-14(11-15)7-8-22(30)9-10-26(2)21(22)29/h4-6,11-13,30H,3,9-10H2,1-2H3,(H2,23,28)/t22-/m0/s1. The van der Waals surface area contributed by atoms with Gasteiger partial charge in [0.15, 0.2) is 0 Å². The monoisotopic (exact) mass is 403 g/mol. The van der Waals surface area contributed by atoms with Gasteiger partial charge in [-0.3, -0.25) is 14.3 Å². The van der Waals surface area contributed by atoms with E-state index in [0.717, 1.165) is 16.5 Å². The maximum absolute atomic E-state index is 12.1. The van der Waals surface area contributed by atoms with E-state index in [4.69, 9.17) is 5.73 Å². The van der Waals surface area contributed by atoms with E-state index in [9.17, 15) is 14.7 Å². The molecule has 2 aromatic heterocycles. The third kappa shape index (κ3) is 3.29. The maximum atomic E-state index is 12.1. The van der Waals surface area contributed by atoms with Gasteiger partial charge in [-0.25, -0.2) is 4.98 Å². The molecular weight excluding hydrogens is 382 g/mol. The Bertz CT molecular complexity index is 1240. The molecule has 30 heavy (non-hydrogen) atoms. The average molecular weight is 403 g/mol. The number of amides is 2. The topological polar surface area (TPSA) is 114 Å². The fourth-order valence-electron chi connectivity index (χ4n) is 3.56. The number of benzene rings is 1. The van der Waals surface area contributed by atoms with Crippen LogP contribution < -0.4 is 5.73 Å². The number of likely N-dealkylation sites (N-methyl/N-ethyl adjacent to an activating group) is 1. The molecule has 0 radical (unpaired) electrons. The highest BCUT2D eigenvalue weighted by atomic mass is 16.3. The van der Waals surface area contributed by atoms with Gasteiger partial charge >= 0.3 is 0 Å². The minimum Gasteiger partial charge on any atom is -0.369 e. The molecule has 152 valence electrons. The zero-order valence-corrected chi connectivity index (χ0v) is 16.7. The van der Waals surface area contributed by atoms with Crippen LogP contribution in [0.15, 0.2) is 36.5 Å². The van der Waals surface area contributed by atoms with Crippen molar-refractivity contribution >= 4 is 22.7 Å². The molecule has 1 aliphatic rings. The zero-order chi connectivity index (χ0) is 21.5. The Morgan fingerprint density at radius 3 is 2.83 bits per heavy atom. The third-order valence-electron chi connectivity index (χ3n) is 5.25. The molecule has 1 saturated heterocycles. The molecule has 1 fully saturated rings. The summed E-state index contributed by atoms with van der Waals surface area (Å²) in [5.74, 6) is 4.60. The largest absolute Gasteiger partial charge is 0.369 e. The molecule has 4 rings (SSSR count). The van der Waals surface area contributed by atoms with Crippen molar-refractivity contribution in [1.29, 1.82) is 0 Å². The van der Waals surface area contributed by atoms with Gasteiger partial charge in [-0.2, -0.15) is 5.10 Å². The first-order chi connectivity index (χ1) is 14.3. The number of likely N-dealkylation sites (tertiary alicyclic amines) is 1. The Morgan fingerprint density at radius 1 is 1.37 bits per heavy atom. The fraction of sp³-hybridized carbons (Fsp3) is 0.273. The number of carbonyl (C=O) groups excluding carboxylic acids is 2. The predicted octanol–water partition coefficient (Wildman–Crippen LogP) is 1.16. The number of primary amides is 1. The van der Waals surface area contributed by atoms with Crippen molar-refractivity contribution in [2.75, 3.05) is 13.6 Å². The van der Waals surface area contributed by atoms with Crippen LogP contribution in [-0.4, -0.2) is 55.8 Å². The Kier molecular flexibility index (Phi) is 4.76. The van der Waals surface area contributed by atoms with Crippen molar-refractivity contribution in [3.63, 3.8) is 0 Å². The molecule has 8 heteroatoms. The lowest BCUT2D eigenvalue weighted by molar-refractivity contribution is -0.137. The molecular formula is C22H21N5O3. The van der Waals surface area contributed by atoms with Crippen LogP contribution in [0.4, 0.5) is 0 Å². The number of nitrogens with two attached hydrogens (primary N) is 1. The predicted molar refractivity (Wildman–Crippen MR) is 111 cm³/mol. The Labute approximate surface area is 173 Å². The van der Waals surface area contributed by atoms with Crippen molar-refractivity contribution in [3.05, 3.63) is 47.8 Å². The van der Waals surface area contributed by atoms with Crippen molar-refractivity contribution in [3.8, 4) is 23.1 Å². The number of hydrogen-bond acceptors (Lipinski definition) is 5. The summed E-state index contributed by atoms with van der Waals surface area (Å²) in [7, 11) is 1.64. The number of aromatic nitrogens is 3. The van der Waals surface area contributed by atoms with Crippen LogP contribution in [0.25, 0.3) is 22.2 Å². The summed E-state index contributed by atoms with van der Waals surface area (Å²) in [6.45, 7) is 3.06. The van der Waals surface area contributed by atoms with Gasteiger partial charge < -0.3 is 15.7 Å². The lowest BCUT2D eigenvalue weighted by atomic mass is 10.0. The zero-order valence-electron chi connectivity index (χ0n) is 16.7. The number of aryl methyl sites for hydroxylation is 1. The molecule has 0 aliphatic carbocycles. The van der Waals surface area contributed by atoms with E-state index in [2.05, 4.69) is 21.9 Å². The first-order valence-electron chi connectivity index (χ1n) is 9.60. The second-order valence-electron chi connectivity index (χ2n) is 7.28. The van der Waals surface area contributed by atoms with Crippen LogP contribution >= 0.6 is 0 Å². The van der Waals surface area contributed by atoms with E-state index in [-0.39, 0.29) is 12.1 Å². The van der Waals surface area contributed by atoms with Crippen LogP contribution in [0.3, 0.4) is 0 Å². The minimum absolute atomic E-state index is 0.151. The highest BCUT2D eigenvalue weighted by Crippen LogP contribution is 2.28.